The zero-order chi connectivity index (χ0) is 12.8. The fraction of sp³-hybridized carbons (Fsp3) is 0.933. The molecule has 0 atom stereocenters. The van der Waals surface area contributed by atoms with Crippen molar-refractivity contribution >= 4 is 5.91 Å². The second-order valence-electron chi connectivity index (χ2n) is 7.27. The Hall–Kier alpha value is -0.570. The zero-order valence-corrected chi connectivity index (χ0v) is 11.7. The van der Waals surface area contributed by atoms with Gasteiger partial charge in [0.05, 0.1) is 6.54 Å². The summed E-state index contributed by atoms with van der Waals surface area (Å²) in [6.45, 7) is 4.54. The molecule has 0 unspecified atom stereocenters. The van der Waals surface area contributed by atoms with Gasteiger partial charge in [0.2, 0.25) is 5.91 Å². The van der Waals surface area contributed by atoms with Gasteiger partial charge in [0, 0.05) is 11.6 Å². The Bertz CT molecular complexity index is 302. The van der Waals surface area contributed by atoms with Gasteiger partial charge in [-0.25, -0.2) is 0 Å². The van der Waals surface area contributed by atoms with Gasteiger partial charge in [-0.3, -0.25) is 4.79 Å². The number of hydrogen-bond acceptors (Lipinski definition) is 2. The van der Waals surface area contributed by atoms with Crippen LogP contribution in [0.2, 0.25) is 0 Å². The predicted molar refractivity (Wildman–Crippen MR) is 72.2 cm³/mol. The molecule has 0 heterocycles. The van der Waals surface area contributed by atoms with E-state index in [1.807, 2.05) is 13.8 Å². The molecule has 0 aromatic heterocycles. The van der Waals surface area contributed by atoms with Gasteiger partial charge >= 0.3 is 0 Å². The molecular formula is C15H26N2O. The Morgan fingerprint density at radius 1 is 1.11 bits per heavy atom. The van der Waals surface area contributed by atoms with Crippen molar-refractivity contribution in [3.05, 3.63) is 0 Å². The van der Waals surface area contributed by atoms with E-state index in [0.717, 1.165) is 17.8 Å². The smallest absolute Gasteiger partial charge is 0.234 e. The van der Waals surface area contributed by atoms with Crippen LogP contribution in [0.4, 0.5) is 0 Å². The maximum Gasteiger partial charge on any atom is 0.234 e. The van der Waals surface area contributed by atoms with Crippen LogP contribution in [0, 0.1) is 17.8 Å². The first kappa shape index (κ1) is 12.5. The molecule has 0 aromatic rings. The van der Waals surface area contributed by atoms with Gasteiger partial charge in [0.25, 0.3) is 0 Å². The SMILES string of the molecule is CC(C)NC(=O)CNC12CC3CC(CC(C3)C1)C2. The first-order valence-corrected chi connectivity index (χ1v) is 7.59. The molecule has 3 nitrogen and oxygen atoms in total. The lowest BCUT2D eigenvalue weighted by atomic mass is 9.53. The van der Waals surface area contributed by atoms with Crippen molar-refractivity contribution in [3.8, 4) is 0 Å². The summed E-state index contributed by atoms with van der Waals surface area (Å²) < 4.78 is 0. The van der Waals surface area contributed by atoms with Crippen molar-refractivity contribution in [2.45, 2.75) is 64.0 Å². The Balaban J connectivity index is 1.57. The first-order chi connectivity index (χ1) is 8.55. The Labute approximate surface area is 110 Å². The highest BCUT2D eigenvalue weighted by atomic mass is 16.1. The topological polar surface area (TPSA) is 41.1 Å². The van der Waals surface area contributed by atoms with Gasteiger partial charge in [-0.15, -0.1) is 0 Å². The third-order valence-corrected chi connectivity index (χ3v) is 5.11. The predicted octanol–water partition coefficient (Wildman–Crippen LogP) is 2.07. The highest BCUT2D eigenvalue weighted by Crippen LogP contribution is 2.55. The minimum Gasteiger partial charge on any atom is -0.353 e. The van der Waals surface area contributed by atoms with Crippen LogP contribution in [0.5, 0.6) is 0 Å². The molecule has 18 heavy (non-hydrogen) atoms. The van der Waals surface area contributed by atoms with Crippen LogP contribution in [0.25, 0.3) is 0 Å². The van der Waals surface area contributed by atoms with E-state index < -0.39 is 0 Å². The average Bonchev–Trinajstić information content (AvgIpc) is 2.23. The first-order valence-electron chi connectivity index (χ1n) is 7.59. The normalized spacial score (nSPS) is 41.4. The summed E-state index contributed by atoms with van der Waals surface area (Å²) in [5.41, 5.74) is 0.309. The summed E-state index contributed by atoms with van der Waals surface area (Å²) >= 11 is 0. The van der Waals surface area contributed by atoms with Gasteiger partial charge in [-0.05, 0) is 70.1 Å². The van der Waals surface area contributed by atoms with Crippen LogP contribution in [0.1, 0.15) is 52.4 Å². The molecular weight excluding hydrogens is 224 g/mol. The largest absolute Gasteiger partial charge is 0.353 e. The summed E-state index contributed by atoms with van der Waals surface area (Å²) in [6, 6.07) is 0.246. The Kier molecular flexibility index (Phi) is 3.13. The minimum atomic E-state index is 0.153. The molecule has 0 spiro atoms. The number of carbonyl (C=O) groups excluding carboxylic acids is 1. The van der Waals surface area contributed by atoms with E-state index in [-0.39, 0.29) is 11.9 Å². The fourth-order valence-electron chi connectivity index (χ4n) is 4.97. The number of amides is 1. The van der Waals surface area contributed by atoms with E-state index in [1.54, 1.807) is 0 Å². The van der Waals surface area contributed by atoms with Crippen molar-refractivity contribution in [2.24, 2.45) is 17.8 Å². The van der Waals surface area contributed by atoms with E-state index in [0.29, 0.717) is 12.1 Å². The van der Waals surface area contributed by atoms with Crippen LogP contribution >= 0.6 is 0 Å². The van der Waals surface area contributed by atoms with E-state index in [4.69, 9.17) is 0 Å². The van der Waals surface area contributed by atoms with Gasteiger partial charge in [0.1, 0.15) is 0 Å². The number of hydrogen-bond donors (Lipinski definition) is 2. The Morgan fingerprint density at radius 2 is 1.61 bits per heavy atom. The average molecular weight is 250 g/mol. The quantitative estimate of drug-likeness (QED) is 0.802. The summed E-state index contributed by atoms with van der Waals surface area (Å²) in [4.78, 5) is 11.8. The van der Waals surface area contributed by atoms with Crippen molar-refractivity contribution < 1.29 is 4.79 Å². The summed E-state index contributed by atoms with van der Waals surface area (Å²) in [5.74, 6) is 2.98. The van der Waals surface area contributed by atoms with Crippen LogP contribution in [0.15, 0.2) is 0 Å². The van der Waals surface area contributed by atoms with Crippen LogP contribution < -0.4 is 10.6 Å². The van der Waals surface area contributed by atoms with Crippen LogP contribution in [-0.4, -0.2) is 24.0 Å². The third-order valence-electron chi connectivity index (χ3n) is 5.11. The van der Waals surface area contributed by atoms with Crippen molar-refractivity contribution in [2.75, 3.05) is 6.54 Å². The fourth-order valence-corrected chi connectivity index (χ4v) is 4.97. The van der Waals surface area contributed by atoms with Crippen molar-refractivity contribution in [1.29, 1.82) is 0 Å². The molecule has 0 saturated heterocycles. The van der Waals surface area contributed by atoms with Gasteiger partial charge in [-0.2, -0.15) is 0 Å². The lowest BCUT2D eigenvalue weighted by Crippen LogP contribution is -2.60. The van der Waals surface area contributed by atoms with Gasteiger partial charge in [0.15, 0.2) is 0 Å². The molecule has 4 rings (SSSR count). The van der Waals surface area contributed by atoms with Gasteiger partial charge in [-0.1, -0.05) is 0 Å². The standard InChI is InChI=1S/C15H26N2O/c1-10(2)17-14(18)9-16-15-6-11-3-12(7-15)5-13(4-11)8-15/h10-13,16H,3-9H2,1-2H3,(H,17,18). The molecule has 0 aromatic carbocycles. The number of carbonyl (C=O) groups is 1. The second-order valence-corrected chi connectivity index (χ2v) is 7.27. The van der Waals surface area contributed by atoms with Crippen molar-refractivity contribution in [1.82, 2.24) is 10.6 Å². The summed E-state index contributed by atoms with van der Waals surface area (Å²) in [5, 5.41) is 6.59. The van der Waals surface area contributed by atoms with E-state index in [9.17, 15) is 4.79 Å². The van der Waals surface area contributed by atoms with Crippen LogP contribution in [-0.2, 0) is 4.79 Å². The lowest BCUT2D eigenvalue weighted by molar-refractivity contribution is -0.122. The van der Waals surface area contributed by atoms with Crippen LogP contribution in [0.3, 0.4) is 0 Å². The maximum absolute atomic E-state index is 11.8. The van der Waals surface area contributed by atoms with E-state index in [1.165, 1.54) is 38.5 Å². The second kappa shape index (κ2) is 4.52. The molecule has 102 valence electrons. The molecule has 2 N–H and O–H groups in total. The number of nitrogens with one attached hydrogen (secondary N) is 2. The van der Waals surface area contributed by atoms with Gasteiger partial charge < -0.3 is 10.6 Å². The number of rotatable bonds is 4. The molecule has 4 saturated carbocycles. The highest BCUT2D eigenvalue weighted by molar-refractivity contribution is 5.78. The van der Waals surface area contributed by atoms with Crippen molar-refractivity contribution in [3.63, 3.8) is 0 Å². The minimum absolute atomic E-state index is 0.153. The third kappa shape index (κ3) is 2.42. The monoisotopic (exact) mass is 250 g/mol. The Morgan fingerprint density at radius 3 is 2.06 bits per heavy atom. The van der Waals surface area contributed by atoms with E-state index in [2.05, 4.69) is 10.6 Å². The molecule has 4 fully saturated rings. The molecule has 4 bridgehead atoms. The molecule has 3 heteroatoms. The molecule has 0 radical (unpaired) electrons. The molecule has 4 aliphatic rings. The highest BCUT2D eigenvalue weighted by Gasteiger charge is 2.50. The lowest BCUT2D eigenvalue weighted by Gasteiger charge is -2.57. The molecule has 1 amide bonds. The maximum atomic E-state index is 11.8. The summed E-state index contributed by atoms with van der Waals surface area (Å²) in [6.07, 6.45) is 8.31. The molecule has 0 aliphatic heterocycles. The van der Waals surface area contributed by atoms with E-state index >= 15 is 0 Å². The zero-order valence-electron chi connectivity index (χ0n) is 11.7. The summed E-state index contributed by atoms with van der Waals surface area (Å²) in [7, 11) is 0. The molecule has 4 aliphatic carbocycles.